The van der Waals surface area contributed by atoms with Crippen LogP contribution >= 0.6 is 0 Å². The summed E-state index contributed by atoms with van der Waals surface area (Å²) in [4.78, 5) is 28.6. The van der Waals surface area contributed by atoms with Crippen LogP contribution in [-0.2, 0) is 0 Å². The lowest BCUT2D eigenvalue weighted by molar-refractivity contribution is 0.0696. The smallest absolute Gasteiger partial charge is 0.337 e. The molecule has 0 aliphatic heterocycles. The fourth-order valence-electron chi connectivity index (χ4n) is 1.71. The molecule has 0 saturated heterocycles. The second-order valence-corrected chi connectivity index (χ2v) is 4.64. The van der Waals surface area contributed by atoms with Gasteiger partial charge in [0.25, 0.3) is 5.91 Å². The molecule has 0 radical (unpaired) electrons. The summed E-state index contributed by atoms with van der Waals surface area (Å²) < 4.78 is 0. The lowest BCUT2D eigenvalue weighted by Gasteiger charge is -2.13. The first kappa shape index (κ1) is 14.5. The number of carbonyl (C=O) groups excluding carboxylic acids is 1. The van der Waals surface area contributed by atoms with Crippen LogP contribution in [0.5, 0.6) is 0 Å². The van der Waals surface area contributed by atoms with Crippen molar-refractivity contribution in [3.8, 4) is 0 Å². The Morgan fingerprint density at radius 2 is 1.90 bits per heavy atom. The van der Waals surface area contributed by atoms with E-state index in [1.165, 1.54) is 18.3 Å². The van der Waals surface area contributed by atoms with Crippen LogP contribution < -0.4 is 10.2 Å². The van der Waals surface area contributed by atoms with Gasteiger partial charge in [0, 0.05) is 31.5 Å². The van der Waals surface area contributed by atoms with Gasteiger partial charge < -0.3 is 15.3 Å². The largest absolute Gasteiger partial charge is 0.478 e. The van der Waals surface area contributed by atoms with Crippen molar-refractivity contribution in [3.05, 3.63) is 53.7 Å². The predicted octanol–water partition coefficient (Wildman–Crippen LogP) is 2.10. The maximum absolute atomic E-state index is 12.1. The average Bonchev–Trinajstić information content (AvgIpc) is 2.48. The number of aromatic carboxylic acids is 1. The minimum atomic E-state index is -1.06. The molecule has 108 valence electrons. The maximum atomic E-state index is 12.1. The van der Waals surface area contributed by atoms with Gasteiger partial charge in [0.1, 0.15) is 5.82 Å². The molecule has 0 fully saturated rings. The van der Waals surface area contributed by atoms with Crippen molar-refractivity contribution in [2.75, 3.05) is 24.3 Å². The van der Waals surface area contributed by atoms with E-state index in [-0.39, 0.29) is 11.5 Å². The number of benzene rings is 1. The number of anilines is 2. The third-order valence-corrected chi connectivity index (χ3v) is 2.88. The summed E-state index contributed by atoms with van der Waals surface area (Å²) in [6.45, 7) is 0. The highest BCUT2D eigenvalue weighted by Crippen LogP contribution is 2.15. The normalized spacial score (nSPS) is 10.0. The molecule has 0 aliphatic rings. The summed E-state index contributed by atoms with van der Waals surface area (Å²) >= 11 is 0. The number of rotatable bonds is 4. The third-order valence-electron chi connectivity index (χ3n) is 2.88. The zero-order valence-electron chi connectivity index (χ0n) is 11.7. The minimum absolute atomic E-state index is 0.0719. The number of carboxylic acids is 1. The fraction of sp³-hybridized carbons (Fsp3) is 0.133. The number of hydrogen-bond acceptors (Lipinski definition) is 4. The molecule has 0 saturated carbocycles. The Bertz CT molecular complexity index is 666. The number of nitrogens with zero attached hydrogens (tertiary/aromatic N) is 2. The number of hydrogen-bond donors (Lipinski definition) is 2. The predicted molar refractivity (Wildman–Crippen MR) is 79.9 cm³/mol. The zero-order chi connectivity index (χ0) is 15.4. The second kappa shape index (κ2) is 6.04. The van der Waals surface area contributed by atoms with Gasteiger partial charge in [-0.2, -0.15) is 0 Å². The van der Waals surface area contributed by atoms with Gasteiger partial charge >= 0.3 is 5.97 Å². The van der Waals surface area contributed by atoms with Crippen LogP contribution in [0.1, 0.15) is 20.7 Å². The summed E-state index contributed by atoms with van der Waals surface area (Å²) in [5.74, 6) is -1.05. The Labute approximate surface area is 122 Å². The molecule has 0 bridgehead atoms. The van der Waals surface area contributed by atoms with Crippen molar-refractivity contribution in [1.82, 2.24) is 4.98 Å². The zero-order valence-corrected chi connectivity index (χ0v) is 11.7. The van der Waals surface area contributed by atoms with Crippen molar-refractivity contribution in [2.24, 2.45) is 0 Å². The molecule has 0 spiro atoms. The Kier molecular flexibility index (Phi) is 4.18. The van der Waals surface area contributed by atoms with Crippen molar-refractivity contribution < 1.29 is 14.7 Å². The molecule has 0 atom stereocenters. The Morgan fingerprint density at radius 1 is 1.14 bits per heavy atom. The molecule has 6 heteroatoms. The monoisotopic (exact) mass is 285 g/mol. The number of pyridine rings is 1. The molecule has 0 aliphatic carbocycles. The quantitative estimate of drug-likeness (QED) is 0.899. The highest BCUT2D eigenvalue weighted by molar-refractivity contribution is 6.04. The first-order valence-corrected chi connectivity index (χ1v) is 6.25. The van der Waals surface area contributed by atoms with E-state index in [2.05, 4.69) is 10.3 Å². The van der Waals surface area contributed by atoms with Crippen molar-refractivity contribution >= 4 is 23.4 Å². The maximum Gasteiger partial charge on any atom is 0.337 e. The first-order chi connectivity index (χ1) is 9.97. The molecule has 2 N–H and O–H groups in total. The molecule has 1 amide bonds. The lowest BCUT2D eigenvalue weighted by atomic mass is 10.2. The van der Waals surface area contributed by atoms with Gasteiger partial charge in [0.2, 0.25) is 0 Å². The summed E-state index contributed by atoms with van der Waals surface area (Å²) in [5, 5.41) is 11.4. The summed E-state index contributed by atoms with van der Waals surface area (Å²) in [5.41, 5.74) is 1.49. The number of nitrogens with one attached hydrogen (secondary N) is 1. The van der Waals surface area contributed by atoms with Gasteiger partial charge in [0.05, 0.1) is 5.56 Å². The van der Waals surface area contributed by atoms with Crippen LogP contribution in [0, 0.1) is 0 Å². The second-order valence-electron chi connectivity index (χ2n) is 4.64. The lowest BCUT2D eigenvalue weighted by Crippen LogP contribution is -2.15. The SMILES string of the molecule is CN(C)c1cccc(C(=O)Nc2ccc(C(=O)O)cn2)c1. The van der Waals surface area contributed by atoms with E-state index < -0.39 is 5.97 Å². The van der Waals surface area contributed by atoms with Crippen LogP contribution in [0.3, 0.4) is 0 Å². The van der Waals surface area contributed by atoms with Crippen LogP contribution in [0.25, 0.3) is 0 Å². The van der Waals surface area contributed by atoms with Crippen LogP contribution in [0.2, 0.25) is 0 Å². The molecule has 1 heterocycles. The first-order valence-electron chi connectivity index (χ1n) is 6.25. The van der Waals surface area contributed by atoms with E-state index in [1.54, 1.807) is 18.2 Å². The topological polar surface area (TPSA) is 82.5 Å². The van der Waals surface area contributed by atoms with E-state index in [0.29, 0.717) is 11.4 Å². The average molecular weight is 285 g/mol. The molecule has 0 unspecified atom stereocenters. The highest BCUT2D eigenvalue weighted by atomic mass is 16.4. The molecule has 6 nitrogen and oxygen atoms in total. The number of amides is 1. The van der Waals surface area contributed by atoms with Gasteiger partial charge in [-0.1, -0.05) is 6.07 Å². The number of aromatic nitrogens is 1. The van der Waals surface area contributed by atoms with E-state index in [1.807, 2.05) is 25.1 Å². The standard InChI is InChI=1S/C15H15N3O3/c1-18(2)12-5-3-4-10(8-12)14(19)17-13-7-6-11(9-16-13)15(20)21/h3-9H,1-2H3,(H,20,21)(H,16,17,19). The molecular formula is C15H15N3O3. The summed E-state index contributed by atoms with van der Waals surface area (Å²) in [7, 11) is 3.78. The third kappa shape index (κ3) is 3.56. The molecular weight excluding hydrogens is 270 g/mol. The van der Waals surface area contributed by atoms with Crippen LogP contribution in [0.4, 0.5) is 11.5 Å². The van der Waals surface area contributed by atoms with E-state index in [0.717, 1.165) is 5.69 Å². The minimum Gasteiger partial charge on any atom is -0.478 e. The Hall–Kier alpha value is -2.89. The van der Waals surface area contributed by atoms with Gasteiger partial charge in [-0.3, -0.25) is 4.79 Å². The molecule has 1 aromatic heterocycles. The Balaban J connectivity index is 2.14. The molecule has 2 rings (SSSR count). The van der Waals surface area contributed by atoms with Crippen LogP contribution in [0.15, 0.2) is 42.6 Å². The fourth-order valence-corrected chi connectivity index (χ4v) is 1.71. The number of carboxylic acid groups (broad SMARTS) is 1. The van der Waals surface area contributed by atoms with Crippen LogP contribution in [-0.4, -0.2) is 36.1 Å². The van der Waals surface area contributed by atoms with Crippen molar-refractivity contribution in [1.29, 1.82) is 0 Å². The van der Waals surface area contributed by atoms with E-state index >= 15 is 0 Å². The highest BCUT2D eigenvalue weighted by Gasteiger charge is 2.09. The molecule has 2 aromatic rings. The number of carbonyl (C=O) groups is 2. The van der Waals surface area contributed by atoms with Crippen molar-refractivity contribution in [2.45, 2.75) is 0 Å². The van der Waals surface area contributed by atoms with Gasteiger partial charge in [0.15, 0.2) is 0 Å². The van der Waals surface area contributed by atoms with Gasteiger partial charge in [-0.25, -0.2) is 9.78 Å². The Morgan fingerprint density at radius 3 is 2.48 bits per heavy atom. The summed E-state index contributed by atoms with van der Waals surface area (Å²) in [6.07, 6.45) is 1.20. The van der Waals surface area contributed by atoms with Crippen molar-refractivity contribution in [3.63, 3.8) is 0 Å². The molecule has 1 aromatic carbocycles. The van der Waals surface area contributed by atoms with E-state index in [9.17, 15) is 9.59 Å². The van der Waals surface area contributed by atoms with E-state index in [4.69, 9.17) is 5.11 Å². The summed E-state index contributed by atoms with van der Waals surface area (Å²) in [6, 6.07) is 10.0. The van der Waals surface area contributed by atoms with Gasteiger partial charge in [-0.15, -0.1) is 0 Å². The molecule has 21 heavy (non-hydrogen) atoms. The van der Waals surface area contributed by atoms with Gasteiger partial charge in [-0.05, 0) is 30.3 Å².